The molecule has 464 valence electrons. The molecule has 11 aromatic carbocycles. The average molecular weight is 1280 g/mol. The van der Waals surface area contributed by atoms with E-state index in [1.54, 1.807) is 0 Å². The molecule has 0 fully saturated rings. The first kappa shape index (κ1) is 62.7. The Morgan fingerprint density at radius 1 is 0.398 bits per heavy atom. The van der Waals surface area contributed by atoms with E-state index in [2.05, 4.69) is 255 Å². The molecule has 0 aliphatic carbocycles. The van der Waals surface area contributed by atoms with E-state index in [1.807, 2.05) is 65.6 Å². The van der Waals surface area contributed by atoms with Crippen molar-refractivity contribution < 1.29 is 4.39 Å². The fourth-order valence-corrected chi connectivity index (χ4v) is 13.7. The summed E-state index contributed by atoms with van der Waals surface area (Å²) in [6.07, 6.45) is 0. The highest BCUT2D eigenvalue weighted by atomic mass is 35.6. The maximum Gasteiger partial charge on any atom is 0.216 e. The highest BCUT2D eigenvalue weighted by molar-refractivity contribution is 6.66. The van der Waals surface area contributed by atoms with Gasteiger partial charge in [-0.3, -0.25) is 0 Å². The van der Waals surface area contributed by atoms with Gasteiger partial charge >= 0.3 is 0 Å². The van der Waals surface area contributed by atoms with Crippen molar-refractivity contribution in [3.05, 3.63) is 274 Å². The molecule has 0 aliphatic heterocycles. The molecule has 0 spiro atoms. The van der Waals surface area contributed by atoms with Crippen LogP contribution in [0.25, 0.3) is 77.2 Å². The van der Waals surface area contributed by atoms with Gasteiger partial charge in [0.25, 0.3) is 0 Å². The molecule has 0 aliphatic rings. The summed E-state index contributed by atoms with van der Waals surface area (Å²) in [4.78, 5) is 4.20. The van der Waals surface area contributed by atoms with Crippen LogP contribution in [0, 0.1) is 44.8 Å². The number of hydrogen-bond acceptors (Lipinski definition) is 3. The van der Waals surface area contributed by atoms with Gasteiger partial charge in [-0.2, -0.15) is 5.26 Å². The van der Waals surface area contributed by atoms with Crippen LogP contribution in [-0.4, -0.2) is 9.13 Å². The molecule has 0 radical (unpaired) electrons. The van der Waals surface area contributed by atoms with Crippen LogP contribution in [0.1, 0.15) is 135 Å². The first-order chi connectivity index (χ1) is 44.6. The summed E-state index contributed by atoms with van der Waals surface area (Å²) in [5.74, 6) is 0.420. The van der Waals surface area contributed by atoms with Crippen LogP contribution in [0.4, 0.5) is 38.5 Å². The fourth-order valence-electron chi connectivity index (χ4n) is 13.3. The van der Waals surface area contributed by atoms with Crippen molar-refractivity contribution in [2.24, 2.45) is 0 Å². The Morgan fingerprint density at radius 3 is 1.10 bits per heavy atom. The van der Waals surface area contributed by atoms with Gasteiger partial charge in [-0.1, -0.05) is 210 Å². The molecule has 5 nitrogen and oxygen atoms in total. The van der Waals surface area contributed by atoms with Crippen LogP contribution >= 0.6 is 34.8 Å². The molecule has 13 rings (SSSR count). The second-order valence-corrected chi connectivity index (χ2v) is 28.7. The first-order valence-electron chi connectivity index (χ1n) is 32.2. The van der Waals surface area contributed by atoms with Gasteiger partial charge in [-0.05, 0) is 194 Å². The summed E-state index contributed by atoms with van der Waals surface area (Å²) in [5.41, 5.74) is 21.2. The number of alkyl halides is 3. The van der Waals surface area contributed by atoms with Crippen molar-refractivity contribution in [3.63, 3.8) is 0 Å². The monoisotopic (exact) mass is 1280 g/mol. The molecule has 13 aromatic rings. The van der Waals surface area contributed by atoms with Crippen molar-refractivity contribution in [1.29, 1.82) is 5.26 Å². The number of nitriles is 1. The van der Waals surface area contributed by atoms with Gasteiger partial charge in [0.2, 0.25) is 3.79 Å². The van der Waals surface area contributed by atoms with Crippen molar-refractivity contribution in [1.82, 2.24) is 9.13 Å². The van der Waals surface area contributed by atoms with E-state index in [9.17, 15) is 5.26 Å². The lowest BCUT2D eigenvalue weighted by molar-refractivity contribution is 0.632. The maximum absolute atomic E-state index is 20.2. The predicted molar refractivity (Wildman–Crippen MR) is 395 cm³/mol. The van der Waals surface area contributed by atoms with Crippen LogP contribution in [0.2, 0.25) is 0 Å². The topological polar surface area (TPSA) is 40.1 Å². The number of hydrogen-bond donors (Lipinski definition) is 0. The van der Waals surface area contributed by atoms with Crippen molar-refractivity contribution >= 4 is 113 Å². The van der Waals surface area contributed by atoms with Crippen molar-refractivity contribution in [3.8, 4) is 39.7 Å². The second kappa shape index (κ2) is 24.8. The first-order valence-corrected chi connectivity index (χ1v) is 33.4. The molecular weight excluding hydrogens is 1200 g/mol. The van der Waals surface area contributed by atoms with Gasteiger partial charge in [-0.15, -0.1) is 0 Å². The zero-order valence-corrected chi connectivity index (χ0v) is 57.0. The number of benzene rings is 11. The molecule has 2 heterocycles. The van der Waals surface area contributed by atoms with Gasteiger partial charge in [-0.25, -0.2) is 4.39 Å². The summed E-state index contributed by atoms with van der Waals surface area (Å²) in [5, 5.41) is 17.0. The lowest BCUT2D eigenvalue weighted by Crippen LogP contribution is -2.16. The summed E-state index contributed by atoms with van der Waals surface area (Å²) >= 11 is 20.2. The lowest BCUT2D eigenvalue weighted by Gasteiger charge is -2.31. The minimum atomic E-state index is -1.73. The van der Waals surface area contributed by atoms with Crippen LogP contribution in [0.3, 0.4) is 0 Å². The third-order valence-corrected chi connectivity index (χ3v) is 19.3. The zero-order valence-electron chi connectivity index (χ0n) is 54.8. The standard InChI is InChI=1S/C84H75Cl3FN5/c1-49(2)58-23-37-75-69(41-58)70-42-59(50(3)4)24-38-76(70)92(75)79-47-68(74(48-89)83(81(79)57-21-27-62(28-22-57)84(85,86)87)93-77-39-25-60(51(5)6)43-71(77)72-44-61(52(7)8)26-40-78(72)93)73-45-67(90(63-29-13-53(9)14-30-63)64-31-15-54(10)16-32-64)46-80(82(73)88)91(65-33-17-55(11)18-34-65)66-35-19-56(12)20-36-66/h13-47,49-52H,1-12H3. The molecule has 0 atom stereocenters. The van der Waals surface area contributed by atoms with E-state index in [4.69, 9.17) is 34.8 Å². The summed E-state index contributed by atoms with van der Waals surface area (Å²) in [7, 11) is 0. The number of anilines is 6. The summed E-state index contributed by atoms with van der Waals surface area (Å²) < 4.78 is 23.1. The maximum atomic E-state index is 20.2. The van der Waals surface area contributed by atoms with Gasteiger partial charge < -0.3 is 18.9 Å². The number of rotatable bonds is 14. The van der Waals surface area contributed by atoms with E-state index in [0.717, 1.165) is 105 Å². The number of halogens is 4. The minimum absolute atomic E-state index is 0.225. The Bertz CT molecular complexity index is 4840. The Balaban J connectivity index is 1.28. The highest BCUT2D eigenvalue weighted by Crippen LogP contribution is 2.52. The van der Waals surface area contributed by atoms with Crippen LogP contribution in [-0.2, 0) is 3.79 Å². The molecule has 0 N–H and O–H groups in total. The molecular formula is C84H75Cl3FN5. The van der Waals surface area contributed by atoms with E-state index < -0.39 is 9.61 Å². The van der Waals surface area contributed by atoms with Crippen molar-refractivity contribution in [2.75, 3.05) is 9.80 Å². The minimum Gasteiger partial charge on any atom is -0.310 e. The molecule has 0 bridgehead atoms. The Morgan fingerprint density at radius 2 is 0.753 bits per heavy atom. The Labute approximate surface area is 561 Å². The molecule has 9 heteroatoms. The van der Waals surface area contributed by atoms with Crippen LogP contribution in [0.5, 0.6) is 0 Å². The summed E-state index contributed by atoms with van der Waals surface area (Å²) in [6, 6.07) is 76.9. The second-order valence-electron chi connectivity index (χ2n) is 26.5. The molecule has 0 unspecified atom stereocenters. The fraction of sp³-hybridized carbons (Fsp3) is 0.202. The predicted octanol–water partition coefficient (Wildman–Crippen LogP) is 25.7. The normalized spacial score (nSPS) is 12.0. The van der Waals surface area contributed by atoms with E-state index in [1.165, 1.54) is 22.3 Å². The largest absolute Gasteiger partial charge is 0.310 e. The third kappa shape index (κ3) is 11.5. The number of aryl methyl sites for hydroxylation is 4. The number of fused-ring (bicyclic) bond motifs is 6. The van der Waals surface area contributed by atoms with Crippen LogP contribution < -0.4 is 9.80 Å². The van der Waals surface area contributed by atoms with Gasteiger partial charge in [0, 0.05) is 72.2 Å². The van der Waals surface area contributed by atoms with Gasteiger partial charge in [0.1, 0.15) is 6.07 Å². The van der Waals surface area contributed by atoms with E-state index in [0.29, 0.717) is 22.5 Å². The van der Waals surface area contributed by atoms with Crippen molar-refractivity contribution in [2.45, 2.75) is 111 Å². The smallest absolute Gasteiger partial charge is 0.216 e. The lowest BCUT2D eigenvalue weighted by atomic mass is 9.89. The Kier molecular flexibility index (Phi) is 16.7. The SMILES string of the molecule is Cc1ccc(N(c2ccc(C)cc2)c2cc(-c3cc(-n4c5ccc(C(C)C)cc5c5cc(C(C)C)ccc54)c(-c4ccc(C(Cl)(Cl)Cl)cc4)c(-n4c5ccc(C(C)C)cc5c5cc(C(C)C)ccc54)c3C#N)c(F)c(N(c3ccc(C)cc3)c3ccc(C)cc3)c2)cc1. The number of nitrogens with zero attached hydrogens (tertiary/aromatic N) is 5. The van der Waals surface area contributed by atoms with Gasteiger partial charge in [0.05, 0.1) is 44.7 Å². The average Bonchev–Trinajstić information content (AvgIpc) is 1.63. The molecule has 2 aromatic heterocycles. The summed E-state index contributed by atoms with van der Waals surface area (Å²) in [6.45, 7) is 26.1. The highest BCUT2D eigenvalue weighted by Gasteiger charge is 2.33. The van der Waals surface area contributed by atoms with Crippen LogP contribution in [0.15, 0.2) is 212 Å². The van der Waals surface area contributed by atoms with E-state index >= 15 is 4.39 Å². The van der Waals surface area contributed by atoms with Gasteiger partial charge in [0.15, 0.2) is 5.82 Å². The molecule has 0 amide bonds. The molecule has 0 saturated carbocycles. The van der Waals surface area contributed by atoms with E-state index in [-0.39, 0.29) is 40.5 Å². The third-order valence-electron chi connectivity index (χ3n) is 18.6. The quantitative estimate of drug-likeness (QED) is 0.102. The number of aromatic nitrogens is 2. The molecule has 93 heavy (non-hydrogen) atoms. The Hall–Kier alpha value is -9.09. The molecule has 0 saturated heterocycles. The zero-order chi connectivity index (χ0) is 65.5.